The van der Waals surface area contributed by atoms with Crippen molar-refractivity contribution in [1.29, 1.82) is 0 Å². The van der Waals surface area contributed by atoms with E-state index in [1.807, 2.05) is 0 Å². The number of likely N-dealkylation sites (tertiary alicyclic amines) is 1. The molecule has 0 aliphatic carbocycles. The monoisotopic (exact) mass is 760 g/mol. The number of hydrogen-bond acceptors (Lipinski definition) is 12. The van der Waals surface area contributed by atoms with E-state index in [4.69, 9.17) is 9.05 Å². The molecule has 2 unspecified atom stereocenters. The second-order valence-electron chi connectivity index (χ2n) is 13.1. The van der Waals surface area contributed by atoms with Gasteiger partial charge in [0, 0.05) is 58.9 Å². The number of carbonyl (C=O) groups excluding carboxylic acids is 2. The van der Waals surface area contributed by atoms with Crippen molar-refractivity contribution in [2.24, 2.45) is 0 Å². The Kier molecular flexibility index (Phi) is 15.6. The van der Waals surface area contributed by atoms with Gasteiger partial charge in [0.1, 0.15) is 17.5 Å². The summed E-state index contributed by atoms with van der Waals surface area (Å²) in [5.74, 6) is -4.39. The van der Waals surface area contributed by atoms with Gasteiger partial charge in [-0.05, 0) is 44.0 Å². The van der Waals surface area contributed by atoms with Crippen LogP contribution in [0.1, 0.15) is 19.8 Å². The van der Waals surface area contributed by atoms with E-state index in [0.29, 0.717) is 24.3 Å². The van der Waals surface area contributed by atoms with Gasteiger partial charge in [0.15, 0.2) is 5.78 Å². The Morgan fingerprint density at radius 1 is 0.660 bits per heavy atom. The highest BCUT2D eigenvalue weighted by Gasteiger charge is 2.48. The van der Waals surface area contributed by atoms with Crippen molar-refractivity contribution in [3.8, 4) is 11.5 Å². The maximum absolute atomic E-state index is 14.5. The molecule has 0 saturated carbocycles. The zero-order chi connectivity index (χ0) is 38.4. The quantitative estimate of drug-likeness (QED) is 0.189. The van der Waals surface area contributed by atoms with E-state index in [9.17, 15) is 43.9 Å². The summed E-state index contributed by atoms with van der Waals surface area (Å²) in [6, 6.07) is 16.1. The second-order valence-corrected chi connectivity index (χ2v) is 15.1. The molecule has 2 aliphatic heterocycles. The predicted octanol–water partition coefficient (Wildman–Crippen LogP) is 1.27. The van der Waals surface area contributed by atoms with Gasteiger partial charge in [-0.25, -0.2) is 4.57 Å². The zero-order valence-electron chi connectivity index (χ0n) is 29.8. The fraction of sp³-hybridized carbons (Fsp3) is 0.514. The molecule has 2 aromatic carbocycles. The van der Waals surface area contributed by atoms with Crippen LogP contribution in [0.5, 0.6) is 11.5 Å². The van der Waals surface area contributed by atoms with Crippen molar-refractivity contribution in [2.75, 3.05) is 85.1 Å². The number of nitrogens with one attached hydrogen (secondary N) is 1. The Balaban J connectivity index is 1.45. The van der Waals surface area contributed by atoms with Crippen LogP contribution in [0.25, 0.3) is 0 Å². The maximum atomic E-state index is 14.5. The Bertz CT molecular complexity index is 1510. The minimum absolute atomic E-state index is 0.166. The van der Waals surface area contributed by atoms with Crippen molar-refractivity contribution in [3.63, 3.8) is 0 Å². The van der Waals surface area contributed by atoms with Crippen LogP contribution in [0, 0.1) is 0 Å². The van der Waals surface area contributed by atoms with Gasteiger partial charge in [-0.3, -0.25) is 43.6 Å². The zero-order valence-corrected chi connectivity index (χ0v) is 30.7. The summed E-state index contributed by atoms with van der Waals surface area (Å²) in [7, 11) is -4.03. The van der Waals surface area contributed by atoms with Crippen LogP contribution >= 0.6 is 7.60 Å². The van der Waals surface area contributed by atoms with E-state index in [1.165, 1.54) is 4.90 Å². The molecule has 2 atom stereocenters. The Labute approximate surface area is 308 Å². The third-order valence-corrected chi connectivity index (χ3v) is 11.1. The number of amides is 2. The molecule has 2 heterocycles. The summed E-state index contributed by atoms with van der Waals surface area (Å²) in [5, 5.41) is 31.1. The van der Waals surface area contributed by atoms with E-state index in [1.54, 1.807) is 87.2 Å². The summed E-state index contributed by atoms with van der Waals surface area (Å²) >= 11 is 0. The van der Waals surface area contributed by atoms with Crippen molar-refractivity contribution in [1.82, 2.24) is 29.8 Å². The van der Waals surface area contributed by atoms with Crippen LogP contribution in [0.3, 0.4) is 0 Å². The van der Waals surface area contributed by atoms with Gasteiger partial charge < -0.3 is 34.6 Å². The maximum Gasteiger partial charge on any atom is 0.453 e. The molecule has 53 heavy (non-hydrogen) atoms. The highest BCUT2D eigenvalue weighted by molar-refractivity contribution is 7.55. The molecule has 290 valence electrons. The lowest BCUT2D eigenvalue weighted by atomic mass is 10.2. The van der Waals surface area contributed by atoms with E-state index >= 15 is 0 Å². The number of hydrogen-bond donors (Lipinski definition) is 4. The number of carboxylic acids is 3. The third-order valence-electron chi connectivity index (χ3n) is 8.94. The molecular formula is C35H49N6O11P. The average molecular weight is 761 g/mol. The number of aliphatic carboxylic acids is 3. The third kappa shape index (κ3) is 13.4. The summed E-state index contributed by atoms with van der Waals surface area (Å²) in [6.45, 7) is 2.74. The fourth-order valence-electron chi connectivity index (χ4n) is 6.32. The summed E-state index contributed by atoms with van der Waals surface area (Å²) in [5.41, 5.74) is 0. The first-order chi connectivity index (χ1) is 25.3. The topological polar surface area (TPSA) is 210 Å². The molecule has 0 radical (unpaired) electrons. The van der Waals surface area contributed by atoms with Crippen molar-refractivity contribution >= 4 is 37.3 Å². The number of carbonyl (C=O) groups is 5. The number of carboxylic acid groups (broad SMARTS) is 3. The first kappa shape index (κ1) is 41.2. The van der Waals surface area contributed by atoms with Crippen molar-refractivity contribution < 1.29 is 52.9 Å². The van der Waals surface area contributed by atoms with Gasteiger partial charge in [0.05, 0.1) is 26.2 Å². The second kappa shape index (κ2) is 20.1. The Morgan fingerprint density at radius 3 is 1.42 bits per heavy atom. The molecule has 2 saturated heterocycles. The number of benzene rings is 2. The van der Waals surface area contributed by atoms with Crippen LogP contribution in [0.2, 0.25) is 0 Å². The van der Waals surface area contributed by atoms with Crippen LogP contribution in [0.4, 0.5) is 0 Å². The van der Waals surface area contributed by atoms with Crippen molar-refractivity contribution in [3.05, 3.63) is 60.7 Å². The molecular weight excluding hydrogens is 711 g/mol. The number of para-hydroxylation sites is 2. The number of nitrogens with zero attached hydrogens (tertiary/aromatic N) is 5. The molecule has 2 aliphatic rings. The van der Waals surface area contributed by atoms with Crippen LogP contribution in [-0.2, 0) is 28.5 Å². The fourth-order valence-corrected chi connectivity index (χ4v) is 8.50. The van der Waals surface area contributed by atoms with Gasteiger partial charge >= 0.3 is 25.5 Å². The normalized spacial score (nSPS) is 19.3. The van der Waals surface area contributed by atoms with Crippen molar-refractivity contribution in [2.45, 2.75) is 31.6 Å². The van der Waals surface area contributed by atoms with Crippen LogP contribution in [-0.4, -0.2) is 166 Å². The van der Waals surface area contributed by atoms with Gasteiger partial charge in [-0.15, -0.1) is 0 Å². The van der Waals surface area contributed by atoms with E-state index < -0.39 is 49.1 Å². The van der Waals surface area contributed by atoms with Gasteiger partial charge in [-0.2, -0.15) is 0 Å². The average Bonchev–Trinajstić information content (AvgIpc) is 3.60. The highest BCUT2D eigenvalue weighted by Crippen LogP contribution is 2.57. The molecule has 0 spiro atoms. The van der Waals surface area contributed by atoms with Gasteiger partial charge in [-0.1, -0.05) is 36.4 Å². The van der Waals surface area contributed by atoms with E-state index in [0.717, 1.165) is 0 Å². The van der Waals surface area contributed by atoms with Gasteiger partial charge in [0.2, 0.25) is 11.8 Å². The molecule has 4 N–H and O–H groups in total. The first-order valence-corrected chi connectivity index (χ1v) is 19.2. The summed E-state index contributed by atoms with van der Waals surface area (Å²) in [6.07, 6.45) is 0.893. The molecule has 17 nitrogen and oxygen atoms in total. The lowest BCUT2D eigenvalue weighted by molar-refractivity contribution is -0.140. The van der Waals surface area contributed by atoms with E-state index in [-0.39, 0.29) is 85.1 Å². The predicted molar refractivity (Wildman–Crippen MR) is 193 cm³/mol. The summed E-state index contributed by atoms with van der Waals surface area (Å²) in [4.78, 5) is 70.1. The lowest BCUT2D eigenvalue weighted by Gasteiger charge is -2.33. The minimum atomic E-state index is -4.03. The molecule has 2 aromatic rings. The van der Waals surface area contributed by atoms with Gasteiger partial charge in [0.25, 0.3) is 0 Å². The minimum Gasteiger partial charge on any atom is -0.480 e. The smallest absolute Gasteiger partial charge is 0.453 e. The molecule has 0 bridgehead atoms. The molecule has 2 fully saturated rings. The highest BCUT2D eigenvalue weighted by atomic mass is 31.2. The first-order valence-electron chi connectivity index (χ1n) is 17.5. The van der Waals surface area contributed by atoms with E-state index in [2.05, 4.69) is 5.32 Å². The molecule has 0 aromatic heterocycles. The largest absolute Gasteiger partial charge is 0.480 e. The van der Waals surface area contributed by atoms with Crippen LogP contribution < -0.4 is 14.4 Å². The summed E-state index contributed by atoms with van der Waals surface area (Å²) < 4.78 is 26.6. The SMILES string of the molecule is CC(NC(=O)CN1CCN(CC(=O)O)CCN(CC(=O)O)CCN(CC(=O)O)CC1)C(=O)N1CCCC1P(=O)(Oc1ccccc1)Oc1ccccc1. The molecule has 4 rings (SSSR count). The lowest BCUT2D eigenvalue weighted by Crippen LogP contribution is -2.52. The molecule has 2 amide bonds. The standard InChI is InChI=1S/C35H49N6O11P/c1-27(35(49)41-14-8-13-31(41)53(50,51-28-9-4-2-5-10-28)52-29-11-6-3-7-12-29)36-30(42)23-37-15-17-38(24-32(43)44)19-21-40(26-34(47)48)22-20-39(18-16-37)25-33(45)46/h2-7,9-12,27,31H,8,13-26H2,1H3,(H,36,42)(H,43,44)(H,45,46)(H,47,48). The Hall–Kier alpha value is -4.54. The molecule has 18 heteroatoms. The Morgan fingerprint density at radius 2 is 1.04 bits per heavy atom. The number of rotatable bonds is 15. The van der Waals surface area contributed by atoms with Crippen LogP contribution in [0.15, 0.2) is 60.7 Å².